The fraction of sp³-hybridized carbons (Fsp3) is 0.188. The Balaban J connectivity index is 2.03. The van der Waals surface area contributed by atoms with Crippen LogP contribution in [0.25, 0.3) is 0 Å². The first kappa shape index (κ1) is 14.4. The van der Waals surface area contributed by atoms with Gasteiger partial charge < -0.3 is 10.0 Å². The van der Waals surface area contributed by atoms with E-state index in [9.17, 15) is 9.90 Å². The standard InChI is InChI=1S/C16H16ClNO2/c1-18(10-9-12-5-3-2-4-6-12)16(20)14-11-13(17)7-8-15(14)19/h2-8,11,19H,9-10H2,1H3. The number of rotatable bonds is 4. The number of benzene rings is 2. The lowest BCUT2D eigenvalue weighted by atomic mass is 10.1. The first-order valence-electron chi connectivity index (χ1n) is 6.36. The molecule has 2 aromatic carbocycles. The number of carbonyl (C=O) groups excluding carboxylic acids is 1. The van der Waals surface area contributed by atoms with Gasteiger partial charge in [-0.15, -0.1) is 0 Å². The van der Waals surface area contributed by atoms with Gasteiger partial charge in [0.05, 0.1) is 5.56 Å². The zero-order valence-corrected chi connectivity index (χ0v) is 12.0. The second-order valence-corrected chi connectivity index (χ2v) is 5.06. The highest BCUT2D eigenvalue weighted by molar-refractivity contribution is 6.31. The minimum atomic E-state index is -0.235. The zero-order chi connectivity index (χ0) is 14.5. The highest BCUT2D eigenvalue weighted by atomic mass is 35.5. The molecule has 1 N–H and O–H groups in total. The molecule has 2 aromatic rings. The van der Waals surface area contributed by atoms with Gasteiger partial charge in [0, 0.05) is 18.6 Å². The fourth-order valence-electron chi connectivity index (χ4n) is 1.93. The summed E-state index contributed by atoms with van der Waals surface area (Å²) in [6.07, 6.45) is 0.768. The van der Waals surface area contributed by atoms with Crippen LogP contribution in [0.2, 0.25) is 5.02 Å². The molecule has 0 heterocycles. The van der Waals surface area contributed by atoms with Crippen LogP contribution in [0.15, 0.2) is 48.5 Å². The molecule has 3 nitrogen and oxygen atoms in total. The van der Waals surface area contributed by atoms with Gasteiger partial charge in [-0.05, 0) is 30.2 Å². The SMILES string of the molecule is CN(CCc1ccccc1)C(=O)c1cc(Cl)ccc1O. The minimum absolute atomic E-state index is 0.0500. The van der Waals surface area contributed by atoms with Crippen LogP contribution in [-0.4, -0.2) is 29.5 Å². The number of hydrogen-bond acceptors (Lipinski definition) is 2. The van der Waals surface area contributed by atoms with Crippen molar-refractivity contribution in [2.45, 2.75) is 6.42 Å². The molecule has 4 heteroatoms. The molecule has 0 unspecified atom stereocenters. The number of halogens is 1. The van der Waals surface area contributed by atoms with Gasteiger partial charge in [-0.25, -0.2) is 0 Å². The normalized spacial score (nSPS) is 10.3. The van der Waals surface area contributed by atoms with Crippen molar-refractivity contribution >= 4 is 17.5 Å². The van der Waals surface area contributed by atoms with Crippen molar-refractivity contribution in [2.24, 2.45) is 0 Å². The summed E-state index contributed by atoms with van der Waals surface area (Å²) in [6.45, 7) is 0.578. The Morgan fingerprint density at radius 1 is 1.20 bits per heavy atom. The Kier molecular flexibility index (Phi) is 4.64. The number of nitrogens with zero attached hydrogens (tertiary/aromatic N) is 1. The second kappa shape index (κ2) is 6.44. The summed E-state index contributed by atoms with van der Waals surface area (Å²) in [7, 11) is 1.71. The molecule has 2 rings (SSSR count). The molecular weight excluding hydrogens is 274 g/mol. The minimum Gasteiger partial charge on any atom is -0.507 e. The van der Waals surface area contributed by atoms with E-state index in [0.717, 1.165) is 6.42 Å². The van der Waals surface area contributed by atoms with E-state index in [1.807, 2.05) is 30.3 Å². The molecule has 0 saturated heterocycles. The third-order valence-electron chi connectivity index (χ3n) is 3.11. The lowest BCUT2D eigenvalue weighted by molar-refractivity contribution is 0.0793. The van der Waals surface area contributed by atoms with Crippen LogP contribution in [-0.2, 0) is 6.42 Å². The lowest BCUT2D eigenvalue weighted by Gasteiger charge is -2.18. The summed E-state index contributed by atoms with van der Waals surface area (Å²) in [4.78, 5) is 13.8. The zero-order valence-electron chi connectivity index (χ0n) is 11.2. The van der Waals surface area contributed by atoms with E-state index in [1.165, 1.54) is 17.7 Å². The molecule has 0 aromatic heterocycles. The van der Waals surface area contributed by atoms with Crippen molar-refractivity contribution in [3.8, 4) is 5.75 Å². The van der Waals surface area contributed by atoms with Crippen molar-refractivity contribution in [1.82, 2.24) is 4.90 Å². The van der Waals surface area contributed by atoms with Crippen LogP contribution in [0.5, 0.6) is 5.75 Å². The largest absolute Gasteiger partial charge is 0.507 e. The number of hydrogen-bond donors (Lipinski definition) is 1. The van der Waals surface area contributed by atoms with E-state index in [1.54, 1.807) is 18.0 Å². The maximum absolute atomic E-state index is 12.2. The summed E-state index contributed by atoms with van der Waals surface area (Å²) < 4.78 is 0. The highest BCUT2D eigenvalue weighted by Gasteiger charge is 2.16. The Morgan fingerprint density at radius 3 is 2.60 bits per heavy atom. The topological polar surface area (TPSA) is 40.5 Å². The van der Waals surface area contributed by atoms with Gasteiger partial charge >= 0.3 is 0 Å². The summed E-state index contributed by atoms with van der Waals surface area (Å²) in [5.41, 5.74) is 1.40. The van der Waals surface area contributed by atoms with Gasteiger partial charge in [0.15, 0.2) is 0 Å². The number of likely N-dealkylation sites (N-methyl/N-ethyl adjacent to an activating group) is 1. The van der Waals surface area contributed by atoms with Crippen molar-refractivity contribution in [1.29, 1.82) is 0 Å². The van der Waals surface area contributed by atoms with Crippen LogP contribution in [0.1, 0.15) is 15.9 Å². The highest BCUT2D eigenvalue weighted by Crippen LogP contribution is 2.22. The van der Waals surface area contributed by atoms with Crippen LogP contribution < -0.4 is 0 Å². The Morgan fingerprint density at radius 2 is 1.90 bits per heavy atom. The van der Waals surface area contributed by atoms with E-state index >= 15 is 0 Å². The monoisotopic (exact) mass is 289 g/mol. The number of phenolic OH excluding ortho intramolecular Hbond substituents is 1. The molecule has 0 spiro atoms. The van der Waals surface area contributed by atoms with Crippen molar-refractivity contribution < 1.29 is 9.90 Å². The quantitative estimate of drug-likeness (QED) is 0.937. The van der Waals surface area contributed by atoms with Gasteiger partial charge in [0.2, 0.25) is 0 Å². The number of amides is 1. The van der Waals surface area contributed by atoms with Crippen molar-refractivity contribution in [3.05, 3.63) is 64.7 Å². The predicted molar refractivity (Wildman–Crippen MR) is 80.2 cm³/mol. The molecular formula is C16H16ClNO2. The maximum atomic E-state index is 12.2. The second-order valence-electron chi connectivity index (χ2n) is 4.62. The molecule has 0 aliphatic rings. The number of carbonyl (C=O) groups is 1. The molecule has 0 bridgehead atoms. The van der Waals surface area contributed by atoms with E-state index in [0.29, 0.717) is 11.6 Å². The van der Waals surface area contributed by atoms with Gasteiger partial charge in [-0.1, -0.05) is 41.9 Å². The molecule has 104 valence electrons. The van der Waals surface area contributed by atoms with Gasteiger partial charge in [0.1, 0.15) is 5.75 Å². The smallest absolute Gasteiger partial charge is 0.257 e. The lowest BCUT2D eigenvalue weighted by Crippen LogP contribution is -2.28. The summed E-state index contributed by atoms with van der Waals surface area (Å²) in [5.74, 6) is -0.285. The average molecular weight is 290 g/mol. The molecule has 0 radical (unpaired) electrons. The number of aromatic hydroxyl groups is 1. The van der Waals surface area contributed by atoms with Crippen molar-refractivity contribution in [3.63, 3.8) is 0 Å². The average Bonchev–Trinajstić information content (AvgIpc) is 2.47. The summed E-state index contributed by atoms with van der Waals surface area (Å²) in [5, 5.41) is 10.2. The third-order valence-corrected chi connectivity index (χ3v) is 3.35. The number of phenols is 1. The molecule has 0 saturated carbocycles. The van der Waals surface area contributed by atoms with Crippen LogP contribution in [0.3, 0.4) is 0 Å². The first-order chi connectivity index (χ1) is 9.58. The van der Waals surface area contributed by atoms with Gasteiger partial charge in [-0.3, -0.25) is 4.79 Å². The molecule has 0 atom stereocenters. The Bertz CT molecular complexity index is 599. The van der Waals surface area contributed by atoms with Crippen LogP contribution in [0.4, 0.5) is 0 Å². The molecule has 1 amide bonds. The van der Waals surface area contributed by atoms with Crippen LogP contribution in [0, 0.1) is 0 Å². The van der Waals surface area contributed by atoms with Crippen molar-refractivity contribution in [2.75, 3.05) is 13.6 Å². The van der Waals surface area contributed by atoms with Crippen LogP contribution >= 0.6 is 11.6 Å². The third kappa shape index (κ3) is 3.52. The first-order valence-corrected chi connectivity index (χ1v) is 6.73. The van der Waals surface area contributed by atoms with E-state index in [2.05, 4.69) is 0 Å². The van der Waals surface area contributed by atoms with Gasteiger partial charge in [-0.2, -0.15) is 0 Å². The molecule has 0 aliphatic heterocycles. The van der Waals surface area contributed by atoms with Gasteiger partial charge in [0.25, 0.3) is 5.91 Å². The molecule has 0 fully saturated rings. The summed E-state index contributed by atoms with van der Waals surface area (Å²) >= 11 is 5.86. The molecule has 20 heavy (non-hydrogen) atoms. The summed E-state index contributed by atoms with van der Waals surface area (Å²) in [6, 6.07) is 14.4. The van der Waals surface area contributed by atoms with E-state index in [4.69, 9.17) is 11.6 Å². The maximum Gasteiger partial charge on any atom is 0.257 e. The van der Waals surface area contributed by atoms with E-state index in [-0.39, 0.29) is 17.2 Å². The Hall–Kier alpha value is -2.00. The molecule has 0 aliphatic carbocycles. The predicted octanol–water partition coefficient (Wildman–Crippen LogP) is 3.36. The van der Waals surface area contributed by atoms with E-state index < -0.39 is 0 Å². The Labute approximate surface area is 123 Å². The fourth-order valence-corrected chi connectivity index (χ4v) is 2.10.